The van der Waals surface area contributed by atoms with E-state index in [-0.39, 0.29) is 6.04 Å². The quantitative estimate of drug-likeness (QED) is 0.922. The van der Waals surface area contributed by atoms with Crippen LogP contribution < -0.4 is 5.32 Å². The zero-order valence-electron chi connectivity index (χ0n) is 13.1. The van der Waals surface area contributed by atoms with Gasteiger partial charge >= 0.3 is 0 Å². The summed E-state index contributed by atoms with van der Waals surface area (Å²) in [5.41, 5.74) is 1.19. The third-order valence-electron chi connectivity index (χ3n) is 4.13. The lowest BCUT2D eigenvalue weighted by molar-refractivity contribution is 0.490. The maximum absolute atomic E-state index is 11.8. The Morgan fingerprint density at radius 3 is 2.38 bits per heavy atom. The summed E-state index contributed by atoms with van der Waals surface area (Å²) < 4.78 is 22.8. The fraction of sp³-hybridized carbons (Fsp3) is 0.412. The highest BCUT2D eigenvalue weighted by atomic mass is 32.2. The maximum Gasteiger partial charge on any atom is 0.153 e. The van der Waals surface area contributed by atoms with Gasteiger partial charge in [-0.2, -0.15) is 0 Å². The minimum absolute atomic E-state index is 0.0946. The molecule has 0 saturated carbocycles. The van der Waals surface area contributed by atoms with Crippen LogP contribution in [0.2, 0.25) is 0 Å². The van der Waals surface area contributed by atoms with E-state index >= 15 is 0 Å². The summed E-state index contributed by atoms with van der Waals surface area (Å²) in [6, 6.07) is 14.6. The van der Waals surface area contributed by atoms with Crippen LogP contribution in [0.5, 0.6) is 0 Å². The van der Waals surface area contributed by atoms with Gasteiger partial charge in [-0.15, -0.1) is 0 Å². The van der Waals surface area contributed by atoms with Gasteiger partial charge in [0.15, 0.2) is 9.84 Å². The van der Waals surface area contributed by atoms with E-state index in [1.165, 1.54) is 22.6 Å². The lowest BCUT2D eigenvalue weighted by Crippen LogP contribution is -2.42. The molecule has 1 atom stereocenters. The molecule has 0 fully saturated rings. The molecule has 0 aromatic heterocycles. The Bertz CT molecular complexity index is 730. The van der Waals surface area contributed by atoms with Crippen molar-refractivity contribution in [1.82, 2.24) is 5.32 Å². The van der Waals surface area contributed by atoms with E-state index in [4.69, 9.17) is 0 Å². The Balaban J connectivity index is 2.22. The van der Waals surface area contributed by atoms with Gasteiger partial charge in [0.05, 0.1) is 4.75 Å². The summed E-state index contributed by atoms with van der Waals surface area (Å²) in [4.78, 5) is 0. The molecule has 1 N–H and O–H groups in total. The van der Waals surface area contributed by atoms with Crippen molar-refractivity contribution in [2.24, 2.45) is 0 Å². The highest BCUT2D eigenvalue weighted by Gasteiger charge is 2.30. The van der Waals surface area contributed by atoms with E-state index in [0.717, 1.165) is 0 Å². The molecule has 0 bridgehead atoms. The monoisotopic (exact) mass is 305 g/mol. The second kappa shape index (κ2) is 5.78. The summed E-state index contributed by atoms with van der Waals surface area (Å²) in [5.74, 6) is 0. The van der Waals surface area contributed by atoms with Crippen LogP contribution >= 0.6 is 0 Å². The zero-order chi connectivity index (χ0) is 15.7. The molecule has 0 amide bonds. The van der Waals surface area contributed by atoms with Gasteiger partial charge in [0, 0.05) is 18.8 Å². The molecule has 4 heteroatoms. The van der Waals surface area contributed by atoms with Gasteiger partial charge in [-0.05, 0) is 37.1 Å². The van der Waals surface area contributed by atoms with Crippen molar-refractivity contribution in [2.75, 3.05) is 12.8 Å². The molecule has 0 saturated heterocycles. The molecule has 2 aromatic carbocycles. The molecule has 0 radical (unpaired) electrons. The smallest absolute Gasteiger partial charge is 0.153 e. The van der Waals surface area contributed by atoms with Crippen LogP contribution in [0.15, 0.2) is 42.5 Å². The van der Waals surface area contributed by atoms with Crippen LogP contribution in [0.3, 0.4) is 0 Å². The number of rotatable bonds is 5. The SMILES string of the molecule is CC(NCC(C)(C)S(C)(=O)=O)c1cccc2ccccc12. The zero-order valence-corrected chi connectivity index (χ0v) is 13.9. The van der Waals surface area contributed by atoms with Gasteiger partial charge in [-0.3, -0.25) is 0 Å². The summed E-state index contributed by atoms with van der Waals surface area (Å²) in [6.45, 7) is 6.01. The Hall–Kier alpha value is -1.39. The number of sulfone groups is 1. The summed E-state index contributed by atoms with van der Waals surface area (Å²) in [5, 5.41) is 5.76. The van der Waals surface area contributed by atoms with Crippen molar-refractivity contribution in [3.8, 4) is 0 Å². The van der Waals surface area contributed by atoms with E-state index in [1.807, 2.05) is 18.2 Å². The molecule has 0 spiro atoms. The lowest BCUT2D eigenvalue weighted by Gasteiger charge is -2.26. The minimum Gasteiger partial charge on any atom is -0.309 e. The number of benzene rings is 2. The minimum atomic E-state index is -3.09. The molecular weight excluding hydrogens is 282 g/mol. The predicted molar refractivity (Wildman–Crippen MR) is 89.3 cm³/mol. The Morgan fingerprint density at radius 2 is 1.71 bits per heavy atom. The van der Waals surface area contributed by atoms with E-state index in [0.29, 0.717) is 6.54 Å². The molecular formula is C17H23NO2S. The summed E-state index contributed by atoms with van der Waals surface area (Å²) >= 11 is 0. The average Bonchev–Trinajstić information content (AvgIpc) is 2.43. The predicted octanol–water partition coefficient (Wildman–Crippen LogP) is 3.31. The molecule has 2 aromatic rings. The summed E-state index contributed by atoms with van der Waals surface area (Å²) in [7, 11) is -3.09. The van der Waals surface area contributed by atoms with E-state index in [1.54, 1.807) is 13.8 Å². The first-order chi connectivity index (χ1) is 9.72. The fourth-order valence-electron chi connectivity index (χ4n) is 2.27. The highest BCUT2D eigenvalue weighted by molar-refractivity contribution is 7.92. The van der Waals surface area contributed by atoms with Crippen molar-refractivity contribution in [1.29, 1.82) is 0 Å². The van der Waals surface area contributed by atoms with Crippen LogP contribution in [0.25, 0.3) is 10.8 Å². The number of hydrogen-bond acceptors (Lipinski definition) is 3. The standard InChI is InChI=1S/C17H23NO2S/c1-13(18-12-17(2,3)21(4,19)20)15-11-7-9-14-8-5-6-10-16(14)15/h5-11,13,18H,12H2,1-4H3. The molecule has 21 heavy (non-hydrogen) atoms. The van der Waals surface area contributed by atoms with Crippen LogP contribution in [-0.4, -0.2) is 26.0 Å². The molecule has 3 nitrogen and oxygen atoms in total. The van der Waals surface area contributed by atoms with Gasteiger partial charge in [-0.25, -0.2) is 8.42 Å². The van der Waals surface area contributed by atoms with Gasteiger partial charge in [0.25, 0.3) is 0 Å². The van der Waals surface area contributed by atoms with Crippen LogP contribution in [-0.2, 0) is 9.84 Å². The van der Waals surface area contributed by atoms with Gasteiger partial charge < -0.3 is 5.32 Å². The third-order valence-corrected chi connectivity index (χ3v) is 6.28. The van der Waals surface area contributed by atoms with Crippen molar-refractivity contribution >= 4 is 20.6 Å². The fourth-order valence-corrected chi connectivity index (χ4v) is 2.61. The van der Waals surface area contributed by atoms with Gasteiger partial charge in [0.2, 0.25) is 0 Å². The van der Waals surface area contributed by atoms with Crippen LogP contribution in [0.1, 0.15) is 32.4 Å². The molecule has 1 unspecified atom stereocenters. The normalized spacial score (nSPS) is 14.3. The van der Waals surface area contributed by atoms with E-state index < -0.39 is 14.6 Å². The molecule has 0 aliphatic rings. The first-order valence-corrected chi connectivity index (χ1v) is 9.02. The first kappa shape index (κ1) is 16.0. The van der Waals surface area contributed by atoms with Crippen molar-refractivity contribution in [3.63, 3.8) is 0 Å². The largest absolute Gasteiger partial charge is 0.309 e. The van der Waals surface area contributed by atoms with Gasteiger partial charge in [0.1, 0.15) is 0 Å². The third kappa shape index (κ3) is 3.44. The lowest BCUT2D eigenvalue weighted by atomic mass is 9.99. The number of fused-ring (bicyclic) bond motifs is 1. The maximum atomic E-state index is 11.8. The molecule has 0 aliphatic carbocycles. The van der Waals surface area contributed by atoms with Gasteiger partial charge in [-0.1, -0.05) is 42.5 Å². The molecule has 114 valence electrons. The summed E-state index contributed by atoms with van der Waals surface area (Å²) in [6.07, 6.45) is 1.29. The van der Waals surface area contributed by atoms with Crippen LogP contribution in [0, 0.1) is 0 Å². The Morgan fingerprint density at radius 1 is 1.10 bits per heavy atom. The van der Waals surface area contributed by atoms with Crippen molar-refractivity contribution < 1.29 is 8.42 Å². The number of hydrogen-bond donors (Lipinski definition) is 1. The first-order valence-electron chi connectivity index (χ1n) is 7.13. The Labute approximate surface area is 127 Å². The topological polar surface area (TPSA) is 46.2 Å². The van der Waals surface area contributed by atoms with E-state index in [2.05, 4.69) is 36.5 Å². The van der Waals surface area contributed by atoms with Crippen molar-refractivity contribution in [2.45, 2.75) is 31.6 Å². The molecule has 2 rings (SSSR count). The second-order valence-electron chi connectivity index (χ2n) is 6.20. The van der Waals surface area contributed by atoms with E-state index in [9.17, 15) is 8.42 Å². The number of nitrogens with one attached hydrogen (secondary N) is 1. The highest BCUT2D eigenvalue weighted by Crippen LogP contribution is 2.25. The Kier molecular flexibility index (Phi) is 4.40. The van der Waals surface area contributed by atoms with Crippen molar-refractivity contribution in [3.05, 3.63) is 48.0 Å². The molecule has 0 aliphatic heterocycles. The van der Waals surface area contributed by atoms with Crippen LogP contribution in [0.4, 0.5) is 0 Å². The molecule has 0 heterocycles. The average molecular weight is 305 g/mol. The second-order valence-corrected chi connectivity index (χ2v) is 8.85.